The summed E-state index contributed by atoms with van der Waals surface area (Å²) in [4.78, 5) is 38.4. The molecule has 2 aromatic rings. The van der Waals surface area contributed by atoms with Crippen molar-refractivity contribution in [2.45, 2.75) is 32.2 Å². The molecule has 1 heterocycles. The Morgan fingerprint density at radius 1 is 1.00 bits per heavy atom. The summed E-state index contributed by atoms with van der Waals surface area (Å²) in [6.07, 6.45) is 1.66. The average Bonchev–Trinajstić information content (AvgIpc) is 2.79. The molecular formula is C24H29N3O5. The summed E-state index contributed by atoms with van der Waals surface area (Å²) in [5, 5.41) is 5.71. The van der Waals surface area contributed by atoms with Gasteiger partial charge in [-0.25, -0.2) is 0 Å². The van der Waals surface area contributed by atoms with Gasteiger partial charge < -0.3 is 25.0 Å². The van der Waals surface area contributed by atoms with Crippen molar-refractivity contribution in [3.8, 4) is 11.5 Å². The fourth-order valence-electron chi connectivity index (χ4n) is 3.76. The highest BCUT2D eigenvalue weighted by molar-refractivity contribution is 5.97. The van der Waals surface area contributed by atoms with Gasteiger partial charge in [-0.2, -0.15) is 0 Å². The first-order valence-corrected chi connectivity index (χ1v) is 10.6. The van der Waals surface area contributed by atoms with Crippen molar-refractivity contribution in [1.29, 1.82) is 0 Å². The number of carbonyl (C=O) groups excluding carboxylic acids is 3. The number of benzene rings is 2. The van der Waals surface area contributed by atoms with E-state index >= 15 is 0 Å². The Labute approximate surface area is 187 Å². The number of hydrogen-bond donors (Lipinski definition) is 2. The maximum atomic E-state index is 12.7. The zero-order valence-corrected chi connectivity index (χ0v) is 18.6. The molecule has 0 aromatic heterocycles. The number of piperidine rings is 1. The molecule has 170 valence electrons. The van der Waals surface area contributed by atoms with Gasteiger partial charge in [0.15, 0.2) is 11.5 Å². The molecule has 0 spiro atoms. The molecule has 1 fully saturated rings. The van der Waals surface area contributed by atoms with E-state index in [4.69, 9.17) is 9.47 Å². The van der Waals surface area contributed by atoms with Gasteiger partial charge in [-0.1, -0.05) is 12.1 Å². The number of methoxy groups -OCH3 is 2. The van der Waals surface area contributed by atoms with E-state index in [-0.39, 0.29) is 30.2 Å². The Hall–Kier alpha value is -3.55. The van der Waals surface area contributed by atoms with E-state index in [1.54, 1.807) is 44.6 Å². The smallest absolute Gasteiger partial charge is 0.251 e. The van der Waals surface area contributed by atoms with Crippen LogP contribution in [0.25, 0.3) is 0 Å². The fraction of sp³-hybridized carbons (Fsp3) is 0.375. The van der Waals surface area contributed by atoms with Gasteiger partial charge in [0.25, 0.3) is 5.91 Å². The predicted molar refractivity (Wildman–Crippen MR) is 121 cm³/mol. The summed E-state index contributed by atoms with van der Waals surface area (Å²) in [6, 6.07) is 12.3. The zero-order valence-electron chi connectivity index (χ0n) is 18.6. The van der Waals surface area contributed by atoms with Crippen LogP contribution in [0.2, 0.25) is 0 Å². The molecule has 0 unspecified atom stereocenters. The van der Waals surface area contributed by atoms with Crippen LogP contribution in [0.1, 0.15) is 35.7 Å². The maximum Gasteiger partial charge on any atom is 0.251 e. The molecule has 3 rings (SSSR count). The highest BCUT2D eigenvalue weighted by Gasteiger charge is 2.24. The first kappa shape index (κ1) is 23.1. The zero-order chi connectivity index (χ0) is 23.1. The van der Waals surface area contributed by atoms with Gasteiger partial charge in [-0.15, -0.1) is 0 Å². The lowest BCUT2D eigenvalue weighted by molar-refractivity contribution is -0.131. The molecule has 0 bridgehead atoms. The standard InChI is InChI=1S/C24H29N3O5/c1-16(28)25-20-6-4-5-18(15-20)24(30)26-19-9-11-27(12-10-19)23(29)14-17-7-8-21(31-2)22(13-17)32-3/h4-8,13,15,19H,9-12,14H2,1-3H3,(H,25,28)(H,26,30). The molecule has 8 heteroatoms. The normalized spacial score (nSPS) is 13.9. The molecule has 2 N–H and O–H groups in total. The molecule has 0 radical (unpaired) electrons. The van der Waals surface area contributed by atoms with Crippen molar-refractivity contribution < 1.29 is 23.9 Å². The van der Waals surface area contributed by atoms with Crippen molar-refractivity contribution in [2.75, 3.05) is 32.6 Å². The van der Waals surface area contributed by atoms with Crippen LogP contribution in [0.5, 0.6) is 11.5 Å². The van der Waals surface area contributed by atoms with Crippen molar-refractivity contribution in [3.63, 3.8) is 0 Å². The van der Waals surface area contributed by atoms with Gasteiger partial charge >= 0.3 is 0 Å². The number of anilines is 1. The minimum Gasteiger partial charge on any atom is -0.493 e. The second kappa shape index (κ2) is 10.7. The van der Waals surface area contributed by atoms with Crippen LogP contribution in [0.3, 0.4) is 0 Å². The molecule has 3 amide bonds. The van der Waals surface area contributed by atoms with Crippen LogP contribution >= 0.6 is 0 Å². The van der Waals surface area contributed by atoms with E-state index in [2.05, 4.69) is 10.6 Å². The molecular weight excluding hydrogens is 410 g/mol. The number of hydrogen-bond acceptors (Lipinski definition) is 5. The van der Waals surface area contributed by atoms with E-state index in [9.17, 15) is 14.4 Å². The van der Waals surface area contributed by atoms with Crippen LogP contribution in [0.4, 0.5) is 5.69 Å². The summed E-state index contributed by atoms with van der Waals surface area (Å²) in [5.74, 6) is 0.898. The van der Waals surface area contributed by atoms with E-state index in [1.807, 2.05) is 17.0 Å². The maximum absolute atomic E-state index is 12.7. The van der Waals surface area contributed by atoms with Gasteiger partial charge in [-0.3, -0.25) is 14.4 Å². The third kappa shape index (κ3) is 6.00. The lowest BCUT2D eigenvalue weighted by Crippen LogP contribution is -2.47. The Bertz CT molecular complexity index is 983. The van der Waals surface area contributed by atoms with Crippen LogP contribution in [0.15, 0.2) is 42.5 Å². The van der Waals surface area contributed by atoms with Crippen molar-refractivity contribution in [2.24, 2.45) is 0 Å². The Kier molecular flexibility index (Phi) is 7.70. The highest BCUT2D eigenvalue weighted by Crippen LogP contribution is 2.28. The summed E-state index contributed by atoms with van der Waals surface area (Å²) in [7, 11) is 3.14. The van der Waals surface area contributed by atoms with E-state index in [0.717, 1.165) is 5.56 Å². The van der Waals surface area contributed by atoms with E-state index in [1.165, 1.54) is 6.92 Å². The van der Waals surface area contributed by atoms with Gasteiger partial charge in [-0.05, 0) is 48.7 Å². The van der Waals surface area contributed by atoms with Gasteiger partial charge in [0.2, 0.25) is 11.8 Å². The SMILES string of the molecule is COc1ccc(CC(=O)N2CCC(NC(=O)c3cccc(NC(C)=O)c3)CC2)cc1OC. The van der Waals surface area contributed by atoms with Crippen molar-refractivity contribution in [3.05, 3.63) is 53.6 Å². The molecule has 1 aliphatic rings. The quantitative estimate of drug-likeness (QED) is 0.691. The Morgan fingerprint density at radius 3 is 2.38 bits per heavy atom. The fourth-order valence-corrected chi connectivity index (χ4v) is 3.76. The number of nitrogens with zero attached hydrogens (tertiary/aromatic N) is 1. The largest absolute Gasteiger partial charge is 0.493 e. The summed E-state index contributed by atoms with van der Waals surface area (Å²) in [5.41, 5.74) is 1.94. The number of likely N-dealkylation sites (tertiary alicyclic amines) is 1. The van der Waals surface area contributed by atoms with Crippen molar-refractivity contribution in [1.82, 2.24) is 10.2 Å². The van der Waals surface area contributed by atoms with Crippen molar-refractivity contribution >= 4 is 23.4 Å². The van der Waals surface area contributed by atoms with E-state index < -0.39 is 0 Å². The first-order valence-electron chi connectivity index (χ1n) is 10.6. The van der Waals surface area contributed by atoms with Crippen LogP contribution in [0, 0.1) is 0 Å². The number of rotatable bonds is 7. The lowest BCUT2D eigenvalue weighted by Gasteiger charge is -2.32. The van der Waals surface area contributed by atoms with Crippen LogP contribution in [-0.4, -0.2) is 56.0 Å². The molecule has 1 aliphatic heterocycles. The topological polar surface area (TPSA) is 97.0 Å². The molecule has 0 atom stereocenters. The minimum atomic E-state index is -0.188. The second-order valence-corrected chi connectivity index (χ2v) is 7.76. The average molecular weight is 440 g/mol. The predicted octanol–water partition coefficient (Wildman–Crippen LogP) is 2.63. The molecule has 0 aliphatic carbocycles. The third-order valence-corrected chi connectivity index (χ3v) is 5.43. The number of ether oxygens (including phenoxy) is 2. The third-order valence-electron chi connectivity index (χ3n) is 5.43. The van der Waals surface area contributed by atoms with Gasteiger partial charge in [0.1, 0.15) is 0 Å². The molecule has 32 heavy (non-hydrogen) atoms. The summed E-state index contributed by atoms with van der Waals surface area (Å²) >= 11 is 0. The lowest BCUT2D eigenvalue weighted by atomic mass is 10.0. The van der Waals surface area contributed by atoms with Crippen LogP contribution < -0.4 is 20.1 Å². The minimum absolute atomic E-state index is 0.00273. The monoisotopic (exact) mass is 439 g/mol. The molecule has 2 aromatic carbocycles. The van der Waals surface area contributed by atoms with Gasteiger partial charge in [0, 0.05) is 37.3 Å². The van der Waals surface area contributed by atoms with Crippen LogP contribution in [-0.2, 0) is 16.0 Å². The molecule has 8 nitrogen and oxygen atoms in total. The van der Waals surface area contributed by atoms with Gasteiger partial charge in [0.05, 0.1) is 20.6 Å². The Morgan fingerprint density at radius 2 is 1.72 bits per heavy atom. The number of carbonyl (C=O) groups is 3. The summed E-state index contributed by atoms with van der Waals surface area (Å²) in [6.45, 7) is 2.60. The number of nitrogens with one attached hydrogen (secondary N) is 2. The molecule has 0 saturated carbocycles. The highest BCUT2D eigenvalue weighted by atomic mass is 16.5. The Balaban J connectivity index is 1.51. The van der Waals surface area contributed by atoms with E-state index in [0.29, 0.717) is 48.7 Å². The first-order chi connectivity index (χ1) is 15.4. The molecule has 1 saturated heterocycles. The number of amides is 3. The second-order valence-electron chi connectivity index (χ2n) is 7.76. The summed E-state index contributed by atoms with van der Waals surface area (Å²) < 4.78 is 10.5.